The van der Waals surface area contributed by atoms with Crippen molar-refractivity contribution in [3.05, 3.63) is 95.5 Å². The number of ether oxygens (including phenoxy) is 1. The van der Waals surface area contributed by atoms with Crippen LogP contribution in [0.4, 0.5) is 0 Å². The van der Waals surface area contributed by atoms with Crippen LogP contribution in [0.15, 0.2) is 84.9 Å². The molecule has 0 radical (unpaired) electrons. The van der Waals surface area contributed by atoms with Gasteiger partial charge in [0, 0.05) is 17.7 Å². The van der Waals surface area contributed by atoms with E-state index in [2.05, 4.69) is 4.98 Å². The van der Waals surface area contributed by atoms with Crippen molar-refractivity contribution in [2.24, 2.45) is 0 Å². The molecule has 0 bridgehead atoms. The largest absolute Gasteiger partial charge is 0.407 e. The standard InChI is InChI=1S/C23H17ClN2O2/c24-20-14-8-7-13-19(20)21-23(28-16-27)25-22(18-11-5-2-6-12-18)26(21)15-17-9-3-1-4-10-17/h1-14,16H,15H2. The molecule has 28 heavy (non-hydrogen) atoms. The minimum atomic E-state index is 0.234. The first-order chi connectivity index (χ1) is 13.8. The van der Waals surface area contributed by atoms with Crippen LogP contribution < -0.4 is 4.74 Å². The van der Waals surface area contributed by atoms with Crippen LogP contribution in [-0.4, -0.2) is 16.0 Å². The molecule has 0 saturated heterocycles. The Morgan fingerprint density at radius 1 is 0.893 bits per heavy atom. The fraction of sp³-hybridized carbons (Fsp3) is 0.0435. The van der Waals surface area contributed by atoms with Gasteiger partial charge in [-0.3, -0.25) is 4.79 Å². The molecule has 0 fully saturated rings. The van der Waals surface area contributed by atoms with E-state index in [0.717, 1.165) is 16.7 Å². The summed E-state index contributed by atoms with van der Waals surface area (Å²) in [7, 11) is 0. The third kappa shape index (κ3) is 3.55. The van der Waals surface area contributed by atoms with E-state index in [1.807, 2.05) is 89.5 Å². The number of halogens is 1. The fourth-order valence-corrected chi connectivity index (χ4v) is 3.43. The van der Waals surface area contributed by atoms with Gasteiger partial charge >= 0.3 is 0 Å². The Hall–Kier alpha value is -3.37. The molecule has 0 saturated carbocycles. The normalized spacial score (nSPS) is 10.6. The molecule has 0 aliphatic rings. The zero-order valence-corrected chi connectivity index (χ0v) is 15.7. The maximum atomic E-state index is 11.2. The lowest BCUT2D eigenvalue weighted by Crippen LogP contribution is -2.05. The molecule has 0 aliphatic heterocycles. The molecular formula is C23H17ClN2O2. The summed E-state index contributed by atoms with van der Waals surface area (Å²) >= 11 is 6.48. The molecule has 3 aromatic carbocycles. The van der Waals surface area contributed by atoms with Gasteiger partial charge in [-0.15, -0.1) is 0 Å². The highest BCUT2D eigenvalue weighted by Gasteiger charge is 2.23. The first-order valence-electron chi connectivity index (χ1n) is 8.83. The molecule has 5 heteroatoms. The molecule has 0 N–H and O–H groups in total. The Kier molecular flexibility index (Phi) is 5.22. The first-order valence-corrected chi connectivity index (χ1v) is 9.21. The Labute approximate surface area is 168 Å². The zero-order valence-electron chi connectivity index (χ0n) is 15.0. The van der Waals surface area contributed by atoms with E-state index in [1.165, 1.54) is 0 Å². The number of imidazole rings is 1. The molecule has 138 valence electrons. The van der Waals surface area contributed by atoms with Crippen LogP contribution in [0.2, 0.25) is 5.02 Å². The van der Waals surface area contributed by atoms with Gasteiger partial charge in [0.1, 0.15) is 11.5 Å². The SMILES string of the molecule is O=COc1nc(-c2ccccc2)n(Cc2ccccc2)c1-c1ccccc1Cl. The van der Waals surface area contributed by atoms with Crippen LogP contribution in [-0.2, 0) is 11.3 Å². The molecule has 1 aromatic heterocycles. The van der Waals surface area contributed by atoms with Crippen molar-refractivity contribution in [2.45, 2.75) is 6.54 Å². The average molecular weight is 389 g/mol. The minimum absolute atomic E-state index is 0.234. The summed E-state index contributed by atoms with van der Waals surface area (Å²) in [5.74, 6) is 0.939. The topological polar surface area (TPSA) is 44.1 Å². The summed E-state index contributed by atoms with van der Waals surface area (Å²) in [6.07, 6.45) is 0. The lowest BCUT2D eigenvalue weighted by Gasteiger charge is -2.13. The van der Waals surface area contributed by atoms with Gasteiger partial charge in [-0.25, -0.2) is 0 Å². The predicted octanol–water partition coefficient (Wildman–Crippen LogP) is 5.45. The second-order valence-electron chi connectivity index (χ2n) is 6.22. The number of rotatable bonds is 6. The number of carbonyl (C=O) groups excluding carboxylic acids is 1. The zero-order chi connectivity index (χ0) is 19.3. The van der Waals surface area contributed by atoms with Gasteiger partial charge in [0.15, 0.2) is 0 Å². The van der Waals surface area contributed by atoms with Crippen LogP contribution in [0, 0.1) is 0 Å². The van der Waals surface area contributed by atoms with Gasteiger partial charge < -0.3 is 9.30 Å². The molecule has 0 unspecified atom stereocenters. The quantitative estimate of drug-likeness (QED) is 0.412. The van der Waals surface area contributed by atoms with Gasteiger partial charge in [-0.1, -0.05) is 90.5 Å². The number of hydrogen-bond acceptors (Lipinski definition) is 3. The molecule has 0 aliphatic carbocycles. The van der Waals surface area contributed by atoms with E-state index < -0.39 is 0 Å². The summed E-state index contributed by atoms with van der Waals surface area (Å²) in [5, 5.41) is 0.562. The van der Waals surface area contributed by atoms with Crippen LogP contribution in [0.25, 0.3) is 22.6 Å². The Bertz CT molecular complexity index is 1090. The lowest BCUT2D eigenvalue weighted by molar-refractivity contribution is -0.120. The van der Waals surface area contributed by atoms with E-state index in [1.54, 1.807) is 0 Å². The van der Waals surface area contributed by atoms with Crippen molar-refractivity contribution in [1.29, 1.82) is 0 Å². The molecular weight excluding hydrogens is 372 g/mol. The van der Waals surface area contributed by atoms with Crippen molar-refractivity contribution >= 4 is 18.1 Å². The van der Waals surface area contributed by atoms with Crippen LogP contribution in [0.3, 0.4) is 0 Å². The maximum Gasteiger partial charge on any atom is 0.299 e. The number of benzene rings is 3. The van der Waals surface area contributed by atoms with E-state index >= 15 is 0 Å². The highest BCUT2D eigenvalue weighted by Crippen LogP contribution is 2.38. The van der Waals surface area contributed by atoms with Crippen molar-refractivity contribution in [1.82, 2.24) is 9.55 Å². The monoisotopic (exact) mass is 388 g/mol. The summed E-state index contributed by atoms with van der Waals surface area (Å²) in [5.41, 5.74) is 3.45. The molecule has 0 amide bonds. The molecule has 4 rings (SSSR count). The smallest absolute Gasteiger partial charge is 0.299 e. The average Bonchev–Trinajstić information content (AvgIpc) is 3.08. The molecule has 4 aromatic rings. The maximum absolute atomic E-state index is 11.2. The number of nitrogens with zero attached hydrogens (tertiary/aromatic N) is 2. The van der Waals surface area contributed by atoms with Gasteiger partial charge in [-0.2, -0.15) is 4.98 Å². The second-order valence-corrected chi connectivity index (χ2v) is 6.63. The number of hydrogen-bond donors (Lipinski definition) is 0. The van der Waals surface area contributed by atoms with Crippen LogP contribution >= 0.6 is 11.6 Å². The van der Waals surface area contributed by atoms with E-state index in [-0.39, 0.29) is 5.88 Å². The molecule has 1 heterocycles. The van der Waals surface area contributed by atoms with Gasteiger partial charge in [0.25, 0.3) is 6.47 Å². The van der Waals surface area contributed by atoms with Crippen LogP contribution in [0.1, 0.15) is 5.56 Å². The summed E-state index contributed by atoms with van der Waals surface area (Å²) in [6, 6.07) is 27.3. The van der Waals surface area contributed by atoms with Gasteiger partial charge in [-0.05, 0) is 11.6 Å². The van der Waals surface area contributed by atoms with Crippen molar-refractivity contribution in [3.63, 3.8) is 0 Å². The van der Waals surface area contributed by atoms with Crippen molar-refractivity contribution < 1.29 is 9.53 Å². The van der Waals surface area contributed by atoms with E-state index in [0.29, 0.717) is 29.6 Å². The lowest BCUT2D eigenvalue weighted by atomic mass is 10.1. The molecule has 0 spiro atoms. The number of aromatic nitrogens is 2. The minimum Gasteiger partial charge on any atom is -0.407 e. The fourth-order valence-electron chi connectivity index (χ4n) is 3.20. The first kappa shape index (κ1) is 18.0. The third-order valence-electron chi connectivity index (χ3n) is 4.44. The molecule has 0 atom stereocenters. The highest BCUT2D eigenvalue weighted by atomic mass is 35.5. The predicted molar refractivity (Wildman–Crippen MR) is 110 cm³/mol. The van der Waals surface area contributed by atoms with Crippen LogP contribution in [0.5, 0.6) is 5.88 Å². The summed E-state index contributed by atoms with van der Waals surface area (Å²) in [4.78, 5) is 15.8. The van der Waals surface area contributed by atoms with E-state index in [9.17, 15) is 4.79 Å². The Morgan fingerprint density at radius 3 is 2.21 bits per heavy atom. The highest BCUT2D eigenvalue weighted by molar-refractivity contribution is 6.33. The van der Waals surface area contributed by atoms with Crippen molar-refractivity contribution in [2.75, 3.05) is 0 Å². The Balaban J connectivity index is 1.98. The Morgan fingerprint density at radius 2 is 1.54 bits per heavy atom. The van der Waals surface area contributed by atoms with E-state index in [4.69, 9.17) is 16.3 Å². The third-order valence-corrected chi connectivity index (χ3v) is 4.77. The van der Waals surface area contributed by atoms with Crippen molar-refractivity contribution in [3.8, 4) is 28.5 Å². The second kappa shape index (κ2) is 8.11. The summed E-state index contributed by atoms with van der Waals surface area (Å²) < 4.78 is 7.29. The summed E-state index contributed by atoms with van der Waals surface area (Å²) in [6.45, 7) is 0.950. The molecule has 4 nitrogen and oxygen atoms in total. The van der Waals surface area contributed by atoms with Gasteiger partial charge in [0.05, 0.1) is 5.02 Å². The van der Waals surface area contributed by atoms with Gasteiger partial charge in [0.2, 0.25) is 5.88 Å². The number of carbonyl (C=O) groups is 1.